The Balaban J connectivity index is 0.000000131. The lowest BCUT2D eigenvalue weighted by Crippen LogP contribution is -1.96. The summed E-state index contributed by atoms with van der Waals surface area (Å²) in [5.74, 6) is 1.28. The van der Waals surface area contributed by atoms with Crippen molar-refractivity contribution in [1.82, 2.24) is 39.9 Å². The molecule has 4 aromatic rings. The summed E-state index contributed by atoms with van der Waals surface area (Å²) >= 11 is 4.07. The molecule has 10 nitrogen and oxygen atoms in total. The van der Waals surface area contributed by atoms with Crippen LogP contribution in [0, 0.1) is 6.92 Å². The Labute approximate surface area is 129 Å². The second-order valence-electron chi connectivity index (χ2n) is 4.26. The van der Waals surface area contributed by atoms with E-state index in [1.807, 2.05) is 0 Å². The van der Waals surface area contributed by atoms with Crippen molar-refractivity contribution in [3.8, 4) is 0 Å². The highest BCUT2D eigenvalue weighted by atomic mass is 32.1. The lowest BCUT2D eigenvalue weighted by Gasteiger charge is -1.94. The zero-order chi connectivity index (χ0) is 15.7. The second-order valence-corrected chi connectivity index (χ2v) is 4.68. The number of H-pyrrole nitrogens is 2. The van der Waals surface area contributed by atoms with E-state index in [2.05, 4.69) is 52.5 Å². The summed E-state index contributed by atoms with van der Waals surface area (Å²) in [6.07, 6.45) is 3.08. The molecule has 4 rings (SSSR count). The van der Waals surface area contributed by atoms with Crippen molar-refractivity contribution in [1.29, 1.82) is 0 Å². The van der Waals surface area contributed by atoms with Crippen LogP contribution in [0.3, 0.4) is 0 Å². The molecule has 22 heavy (non-hydrogen) atoms. The number of nitrogens with two attached hydrogens (primary N) is 2. The van der Waals surface area contributed by atoms with Crippen LogP contribution in [-0.2, 0) is 0 Å². The van der Waals surface area contributed by atoms with E-state index in [4.69, 9.17) is 11.5 Å². The monoisotopic (exact) mass is 316 g/mol. The standard InChI is InChI=1S/C6H7N5.C5H5N5S/c1-3-10-5(7)4-6(11-3)9-2-8-4;6-5-9-3-2(4(11)10-5)7-1-8-3/h2H,1H3,(H3,7,8,9,10,11);1H,(H4,6,7,8,9,10,11). The SMILES string of the molecule is Cc1nc(N)c2nc[nH]c2n1.Nc1nc(S)c2nc[nH]c2n1. The summed E-state index contributed by atoms with van der Waals surface area (Å²) in [6.45, 7) is 1.79. The molecular formula is C11H12N10S. The van der Waals surface area contributed by atoms with Crippen LogP contribution in [0.1, 0.15) is 5.82 Å². The van der Waals surface area contributed by atoms with Gasteiger partial charge in [-0.05, 0) is 6.92 Å². The van der Waals surface area contributed by atoms with Crippen LogP contribution in [0.15, 0.2) is 17.7 Å². The molecule has 4 aromatic heterocycles. The Morgan fingerprint density at radius 3 is 2.27 bits per heavy atom. The Morgan fingerprint density at radius 2 is 1.55 bits per heavy atom. The van der Waals surface area contributed by atoms with Gasteiger partial charge in [0, 0.05) is 0 Å². The second kappa shape index (κ2) is 5.44. The number of hydrogen-bond donors (Lipinski definition) is 5. The third-order valence-electron chi connectivity index (χ3n) is 2.70. The molecule has 0 fully saturated rings. The van der Waals surface area contributed by atoms with E-state index in [1.54, 1.807) is 13.3 Å². The molecule has 0 amide bonds. The summed E-state index contributed by atoms with van der Waals surface area (Å²) in [7, 11) is 0. The van der Waals surface area contributed by atoms with Crippen molar-refractivity contribution in [2.24, 2.45) is 0 Å². The first-order valence-corrected chi connectivity index (χ1v) is 6.58. The van der Waals surface area contributed by atoms with E-state index in [-0.39, 0.29) is 5.95 Å². The predicted molar refractivity (Wildman–Crippen MR) is 84.2 cm³/mol. The molecule has 0 saturated carbocycles. The van der Waals surface area contributed by atoms with Crippen molar-refractivity contribution >= 4 is 46.7 Å². The number of nitrogen functional groups attached to an aromatic ring is 2. The lowest BCUT2D eigenvalue weighted by atomic mass is 10.5. The van der Waals surface area contributed by atoms with Crippen molar-refractivity contribution in [3.63, 3.8) is 0 Å². The van der Waals surface area contributed by atoms with Gasteiger partial charge in [0.25, 0.3) is 0 Å². The Kier molecular flexibility index (Phi) is 3.47. The summed E-state index contributed by atoms with van der Waals surface area (Å²) in [5.41, 5.74) is 13.5. The molecule has 0 unspecified atom stereocenters. The number of hydrogen-bond acceptors (Lipinski definition) is 9. The number of aromatic amines is 2. The van der Waals surface area contributed by atoms with E-state index in [1.165, 1.54) is 6.33 Å². The van der Waals surface area contributed by atoms with Crippen molar-refractivity contribution in [2.45, 2.75) is 11.9 Å². The molecular weight excluding hydrogens is 304 g/mol. The predicted octanol–water partition coefficient (Wildman–Crippen LogP) is 0.467. The zero-order valence-electron chi connectivity index (χ0n) is 11.4. The molecule has 6 N–H and O–H groups in total. The normalized spacial score (nSPS) is 10.6. The minimum absolute atomic E-state index is 0.201. The van der Waals surface area contributed by atoms with E-state index < -0.39 is 0 Å². The number of imidazole rings is 2. The van der Waals surface area contributed by atoms with Crippen LogP contribution in [0.4, 0.5) is 11.8 Å². The average molecular weight is 316 g/mol. The minimum atomic E-state index is 0.201. The molecule has 0 atom stereocenters. The van der Waals surface area contributed by atoms with Gasteiger partial charge < -0.3 is 21.4 Å². The third kappa shape index (κ3) is 2.61. The zero-order valence-corrected chi connectivity index (χ0v) is 12.3. The van der Waals surface area contributed by atoms with Crippen molar-refractivity contribution in [3.05, 3.63) is 18.5 Å². The van der Waals surface area contributed by atoms with Crippen LogP contribution < -0.4 is 11.5 Å². The maximum Gasteiger partial charge on any atom is 0.223 e. The van der Waals surface area contributed by atoms with Gasteiger partial charge in [-0.2, -0.15) is 4.98 Å². The molecule has 4 heterocycles. The van der Waals surface area contributed by atoms with Gasteiger partial charge >= 0.3 is 0 Å². The fourth-order valence-electron chi connectivity index (χ4n) is 1.81. The van der Waals surface area contributed by atoms with E-state index in [0.717, 1.165) is 0 Å². The molecule has 0 spiro atoms. The summed E-state index contributed by atoms with van der Waals surface area (Å²) < 4.78 is 0. The van der Waals surface area contributed by atoms with E-state index >= 15 is 0 Å². The Morgan fingerprint density at radius 1 is 0.909 bits per heavy atom. The van der Waals surface area contributed by atoms with Crippen molar-refractivity contribution < 1.29 is 0 Å². The largest absolute Gasteiger partial charge is 0.382 e. The Hall–Kier alpha value is -2.95. The van der Waals surface area contributed by atoms with Gasteiger partial charge in [0.2, 0.25) is 5.95 Å². The number of anilines is 2. The molecule has 0 aromatic carbocycles. The van der Waals surface area contributed by atoms with Gasteiger partial charge in [0.05, 0.1) is 12.7 Å². The van der Waals surface area contributed by atoms with E-state index in [9.17, 15) is 0 Å². The molecule has 0 bridgehead atoms. The van der Waals surface area contributed by atoms with Gasteiger partial charge in [0.1, 0.15) is 21.9 Å². The quantitative estimate of drug-likeness (QED) is 0.231. The molecule has 11 heteroatoms. The summed E-state index contributed by atoms with van der Waals surface area (Å²) in [4.78, 5) is 29.3. The first-order valence-electron chi connectivity index (χ1n) is 6.13. The number of nitrogens with zero attached hydrogens (tertiary/aromatic N) is 6. The number of thiol groups is 1. The van der Waals surface area contributed by atoms with Crippen LogP contribution in [0.2, 0.25) is 0 Å². The molecule has 0 saturated heterocycles. The first kappa shape index (κ1) is 14.0. The van der Waals surface area contributed by atoms with Gasteiger partial charge in [-0.15, -0.1) is 12.6 Å². The number of nitrogens with one attached hydrogen (secondary N) is 2. The summed E-state index contributed by atoms with van der Waals surface area (Å²) in [6, 6.07) is 0. The smallest absolute Gasteiger partial charge is 0.223 e. The van der Waals surface area contributed by atoms with Gasteiger partial charge in [-0.1, -0.05) is 0 Å². The number of rotatable bonds is 0. The van der Waals surface area contributed by atoms with Gasteiger partial charge in [0.15, 0.2) is 17.1 Å². The van der Waals surface area contributed by atoms with Crippen LogP contribution in [-0.4, -0.2) is 39.9 Å². The minimum Gasteiger partial charge on any atom is -0.382 e. The highest BCUT2D eigenvalue weighted by Crippen LogP contribution is 2.14. The molecule has 0 aliphatic rings. The average Bonchev–Trinajstić information content (AvgIpc) is 3.07. The molecule has 0 aliphatic carbocycles. The highest BCUT2D eigenvalue weighted by molar-refractivity contribution is 7.80. The molecule has 0 aliphatic heterocycles. The van der Waals surface area contributed by atoms with Gasteiger partial charge in [-0.25, -0.2) is 24.9 Å². The fraction of sp³-hybridized carbons (Fsp3) is 0.0909. The molecule has 0 radical (unpaired) electrons. The van der Waals surface area contributed by atoms with Crippen LogP contribution in [0.5, 0.6) is 0 Å². The number of fused-ring (bicyclic) bond motifs is 2. The fourth-order valence-corrected chi connectivity index (χ4v) is 2.08. The van der Waals surface area contributed by atoms with Crippen LogP contribution in [0.25, 0.3) is 22.3 Å². The Bertz CT molecular complexity index is 865. The van der Waals surface area contributed by atoms with Gasteiger partial charge in [-0.3, -0.25) is 0 Å². The third-order valence-corrected chi connectivity index (χ3v) is 3.01. The van der Waals surface area contributed by atoms with Crippen molar-refractivity contribution in [2.75, 3.05) is 11.5 Å². The lowest BCUT2D eigenvalue weighted by molar-refractivity contribution is 1.09. The van der Waals surface area contributed by atoms with Crippen LogP contribution >= 0.6 is 12.6 Å². The first-order chi connectivity index (χ1) is 10.5. The maximum absolute atomic E-state index is 5.57. The maximum atomic E-state index is 5.57. The topological polar surface area (TPSA) is 161 Å². The van der Waals surface area contributed by atoms with E-state index in [0.29, 0.717) is 39.0 Å². The summed E-state index contributed by atoms with van der Waals surface area (Å²) in [5, 5.41) is 0.494. The molecule has 112 valence electrons. The highest BCUT2D eigenvalue weighted by Gasteiger charge is 2.04. The number of aromatic nitrogens is 8. The number of aryl methyl sites for hydroxylation is 1.